The molecular formula is C13H16O4S. The summed E-state index contributed by atoms with van der Waals surface area (Å²) >= 11 is 1.17. The first-order chi connectivity index (χ1) is 8.29. The first kappa shape index (κ1) is 14.6. The molecular weight excluding hydrogens is 252 g/mol. The Morgan fingerprint density at radius 3 is 2.44 bits per heavy atom. The lowest BCUT2D eigenvalue weighted by Crippen LogP contribution is -2.24. The van der Waals surface area contributed by atoms with Gasteiger partial charge in [0.1, 0.15) is 5.60 Å². The van der Waals surface area contributed by atoms with E-state index in [1.54, 1.807) is 39.0 Å². The number of carbonyl (C=O) groups excluding carboxylic acids is 1. The van der Waals surface area contributed by atoms with Crippen molar-refractivity contribution in [3.05, 3.63) is 29.8 Å². The predicted octanol–water partition coefficient (Wildman–Crippen LogP) is 2.82. The summed E-state index contributed by atoms with van der Waals surface area (Å²) in [7, 11) is 0. The minimum atomic E-state index is -0.998. The highest BCUT2D eigenvalue weighted by molar-refractivity contribution is 8.00. The van der Waals surface area contributed by atoms with Gasteiger partial charge >= 0.3 is 11.9 Å². The van der Waals surface area contributed by atoms with Crippen LogP contribution in [0.1, 0.15) is 31.1 Å². The third-order valence-electron chi connectivity index (χ3n) is 1.88. The van der Waals surface area contributed by atoms with Gasteiger partial charge in [0, 0.05) is 4.90 Å². The first-order valence-electron chi connectivity index (χ1n) is 5.46. The van der Waals surface area contributed by atoms with Gasteiger partial charge in [0.15, 0.2) is 0 Å². The van der Waals surface area contributed by atoms with E-state index in [-0.39, 0.29) is 17.3 Å². The smallest absolute Gasteiger partial charge is 0.336 e. The molecule has 0 aliphatic carbocycles. The molecule has 0 unspecified atom stereocenters. The van der Waals surface area contributed by atoms with Crippen LogP contribution in [0, 0.1) is 0 Å². The van der Waals surface area contributed by atoms with E-state index in [9.17, 15) is 9.59 Å². The van der Waals surface area contributed by atoms with E-state index >= 15 is 0 Å². The molecule has 0 saturated heterocycles. The molecule has 0 aromatic heterocycles. The molecule has 1 aromatic carbocycles. The first-order valence-corrected chi connectivity index (χ1v) is 6.45. The molecule has 98 valence electrons. The van der Waals surface area contributed by atoms with Gasteiger partial charge in [-0.1, -0.05) is 12.1 Å². The van der Waals surface area contributed by atoms with E-state index in [1.807, 2.05) is 0 Å². The largest absolute Gasteiger partial charge is 0.478 e. The van der Waals surface area contributed by atoms with Crippen LogP contribution in [0.5, 0.6) is 0 Å². The number of benzene rings is 1. The number of hydrogen-bond acceptors (Lipinski definition) is 4. The van der Waals surface area contributed by atoms with Gasteiger partial charge in [-0.3, -0.25) is 4.79 Å². The highest BCUT2D eigenvalue weighted by atomic mass is 32.2. The zero-order chi connectivity index (χ0) is 13.8. The average molecular weight is 268 g/mol. The third kappa shape index (κ3) is 4.79. The predicted molar refractivity (Wildman–Crippen MR) is 70.0 cm³/mol. The number of carboxylic acids is 1. The molecule has 4 nitrogen and oxygen atoms in total. The summed E-state index contributed by atoms with van der Waals surface area (Å²) in [5, 5.41) is 8.99. The second kappa shape index (κ2) is 5.91. The van der Waals surface area contributed by atoms with Gasteiger partial charge in [-0.15, -0.1) is 11.8 Å². The minimum absolute atomic E-state index is 0.0988. The molecule has 0 bridgehead atoms. The van der Waals surface area contributed by atoms with Crippen molar-refractivity contribution in [2.45, 2.75) is 31.3 Å². The lowest BCUT2D eigenvalue weighted by atomic mass is 10.2. The highest BCUT2D eigenvalue weighted by Gasteiger charge is 2.17. The summed E-state index contributed by atoms with van der Waals surface area (Å²) in [5.41, 5.74) is -0.324. The second-order valence-electron chi connectivity index (χ2n) is 4.68. The zero-order valence-corrected chi connectivity index (χ0v) is 11.4. The summed E-state index contributed by atoms with van der Waals surface area (Å²) in [4.78, 5) is 23.1. The van der Waals surface area contributed by atoms with E-state index in [0.29, 0.717) is 4.90 Å². The Hall–Kier alpha value is -1.49. The minimum Gasteiger partial charge on any atom is -0.478 e. The molecule has 1 aromatic rings. The quantitative estimate of drug-likeness (QED) is 0.672. The molecule has 0 radical (unpaired) electrons. The van der Waals surface area contributed by atoms with Crippen LogP contribution in [-0.4, -0.2) is 28.4 Å². The SMILES string of the molecule is CC(C)(C)OC(=O)CSc1ccccc1C(=O)O. The average Bonchev–Trinajstić information content (AvgIpc) is 2.24. The molecule has 5 heteroatoms. The van der Waals surface area contributed by atoms with Crippen LogP contribution in [0.2, 0.25) is 0 Å². The molecule has 0 aliphatic rings. The molecule has 0 fully saturated rings. The second-order valence-corrected chi connectivity index (χ2v) is 5.69. The molecule has 0 spiro atoms. The number of thioether (sulfide) groups is 1. The van der Waals surface area contributed by atoms with E-state index in [2.05, 4.69) is 0 Å². The Bertz CT molecular complexity index is 449. The fraction of sp³-hybridized carbons (Fsp3) is 0.385. The third-order valence-corrected chi connectivity index (χ3v) is 2.93. The maximum Gasteiger partial charge on any atom is 0.336 e. The van der Waals surface area contributed by atoms with Gasteiger partial charge in [-0.2, -0.15) is 0 Å². The van der Waals surface area contributed by atoms with Crippen molar-refractivity contribution in [1.82, 2.24) is 0 Å². The van der Waals surface area contributed by atoms with E-state index in [1.165, 1.54) is 17.8 Å². The summed E-state index contributed by atoms with van der Waals surface area (Å²) in [6.45, 7) is 5.38. The number of ether oxygens (including phenoxy) is 1. The van der Waals surface area contributed by atoms with E-state index in [0.717, 1.165) is 0 Å². The molecule has 18 heavy (non-hydrogen) atoms. The van der Waals surface area contributed by atoms with Crippen LogP contribution in [0.15, 0.2) is 29.2 Å². The zero-order valence-electron chi connectivity index (χ0n) is 10.6. The molecule has 0 atom stereocenters. The lowest BCUT2D eigenvalue weighted by molar-refractivity contribution is -0.151. The van der Waals surface area contributed by atoms with Crippen LogP contribution in [-0.2, 0) is 9.53 Å². The number of rotatable bonds is 4. The highest BCUT2D eigenvalue weighted by Crippen LogP contribution is 2.23. The van der Waals surface area contributed by atoms with Crippen molar-refractivity contribution >= 4 is 23.7 Å². The fourth-order valence-electron chi connectivity index (χ4n) is 1.28. The maximum atomic E-state index is 11.5. The molecule has 0 amide bonds. The van der Waals surface area contributed by atoms with Crippen LogP contribution in [0.25, 0.3) is 0 Å². The van der Waals surface area contributed by atoms with Crippen molar-refractivity contribution in [3.63, 3.8) is 0 Å². The Kier molecular flexibility index (Phi) is 4.78. The number of aromatic carboxylic acids is 1. The van der Waals surface area contributed by atoms with Crippen molar-refractivity contribution in [2.75, 3.05) is 5.75 Å². The topological polar surface area (TPSA) is 63.6 Å². The van der Waals surface area contributed by atoms with Crippen molar-refractivity contribution < 1.29 is 19.4 Å². The normalized spacial score (nSPS) is 11.1. The molecule has 0 saturated carbocycles. The van der Waals surface area contributed by atoms with Gasteiger partial charge in [0.05, 0.1) is 11.3 Å². The number of carboxylic acid groups (broad SMARTS) is 1. The van der Waals surface area contributed by atoms with Gasteiger partial charge in [0.25, 0.3) is 0 Å². The molecule has 1 N–H and O–H groups in total. The van der Waals surface area contributed by atoms with E-state index in [4.69, 9.17) is 9.84 Å². The number of carbonyl (C=O) groups is 2. The summed E-state index contributed by atoms with van der Waals surface area (Å²) in [5.74, 6) is -1.25. The lowest BCUT2D eigenvalue weighted by Gasteiger charge is -2.19. The standard InChI is InChI=1S/C13H16O4S/c1-13(2,3)17-11(14)8-18-10-7-5-4-6-9(10)12(15)16/h4-7H,8H2,1-3H3,(H,15,16). The van der Waals surface area contributed by atoms with Crippen LogP contribution < -0.4 is 0 Å². The van der Waals surface area contributed by atoms with Crippen LogP contribution in [0.4, 0.5) is 0 Å². The summed E-state index contributed by atoms with van der Waals surface area (Å²) in [6.07, 6.45) is 0. The molecule has 0 aliphatic heterocycles. The number of hydrogen-bond donors (Lipinski definition) is 1. The monoisotopic (exact) mass is 268 g/mol. The van der Waals surface area contributed by atoms with Gasteiger partial charge in [-0.05, 0) is 32.9 Å². The summed E-state index contributed by atoms with van der Waals surface area (Å²) in [6, 6.07) is 6.59. The van der Waals surface area contributed by atoms with E-state index < -0.39 is 11.6 Å². The fourth-order valence-corrected chi connectivity index (χ4v) is 2.09. The molecule has 0 heterocycles. The Labute approximate surface area is 110 Å². The maximum absolute atomic E-state index is 11.5. The van der Waals surface area contributed by atoms with Crippen LogP contribution in [0.3, 0.4) is 0 Å². The Morgan fingerprint density at radius 1 is 1.28 bits per heavy atom. The van der Waals surface area contributed by atoms with Gasteiger partial charge in [0.2, 0.25) is 0 Å². The Morgan fingerprint density at radius 2 is 1.89 bits per heavy atom. The Balaban J connectivity index is 2.64. The van der Waals surface area contributed by atoms with Crippen molar-refractivity contribution in [3.8, 4) is 0 Å². The van der Waals surface area contributed by atoms with Crippen LogP contribution >= 0.6 is 11.8 Å². The summed E-state index contributed by atoms with van der Waals surface area (Å²) < 4.78 is 5.15. The van der Waals surface area contributed by atoms with Crippen molar-refractivity contribution in [1.29, 1.82) is 0 Å². The van der Waals surface area contributed by atoms with Crippen molar-refractivity contribution in [2.24, 2.45) is 0 Å². The number of esters is 1. The van der Waals surface area contributed by atoms with Gasteiger partial charge in [-0.25, -0.2) is 4.79 Å². The van der Waals surface area contributed by atoms with Gasteiger partial charge < -0.3 is 9.84 Å². The molecule has 1 rings (SSSR count).